The third-order valence-electron chi connectivity index (χ3n) is 2.20. The van der Waals surface area contributed by atoms with E-state index < -0.39 is 23.0 Å². The molecule has 0 bridgehead atoms. The van der Waals surface area contributed by atoms with Gasteiger partial charge in [0.25, 0.3) is 5.69 Å². The molecule has 0 aliphatic heterocycles. The number of nitrogens with one attached hydrogen (secondary N) is 1. The number of primary amides is 1. The summed E-state index contributed by atoms with van der Waals surface area (Å²) in [6.07, 6.45) is -0.00370. The first-order valence-corrected chi connectivity index (χ1v) is 4.92. The lowest BCUT2D eigenvalue weighted by atomic mass is 10.1. The molecule has 1 aromatic carbocycles. The largest absolute Gasteiger partial charge is 0.480 e. The van der Waals surface area contributed by atoms with Gasteiger partial charge in [-0.1, -0.05) is 12.1 Å². The molecule has 8 nitrogen and oxygen atoms in total. The van der Waals surface area contributed by atoms with E-state index in [1.807, 2.05) is 0 Å². The molecule has 0 aliphatic rings. The molecule has 0 fully saturated rings. The Labute approximate surface area is 102 Å². The number of carbonyl (C=O) groups excluding carboxylic acids is 1. The fraction of sp³-hybridized carbons (Fsp3) is 0.200. The smallest absolute Gasteiger partial charge is 0.326 e. The Kier molecular flexibility index (Phi) is 4.19. The second-order valence-corrected chi connectivity index (χ2v) is 3.53. The molecule has 1 unspecified atom stereocenters. The summed E-state index contributed by atoms with van der Waals surface area (Å²) in [6, 6.07) is 3.28. The van der Waals surface area contributed by atoms with Crippen LogP contribution in [0.1, 0.15) is 5.56 Å². The van der Waals surface area contributed by atoms with Crippen molar-refractivity contribution in [2.75, 3.05) is 0 Å². The van der Waals surface area contributed by atoms with Gasteiger partial charge < -0.3 is 16.2 Å². The van der Waals surface area contributed by atoms with Gasteiger partial charge in [0.15, 0.2) is 0 Å². The highest BCUT2D eigenvalue weighted by Gasteiger charge is 2.19. The van der Waals surface area contributed by atoms with Gasteiger partial charge in [-0.15, -0.1) is 0 Å². The third kappa shape index (κ3) is 3.74. The van der Waals surface area contributed by atoms with Crippen LogP contribution in [0.5, 0.6) is 0 Å². The molecule has 18 heavy (non-hydrogen) atoms. The van der Waals surface area contributed by atoms with Gasteiger partial charge >= 0.3 is 12.0 Å². The minimum absolute atomic E-state index is 0.00370. The number of rotatable bonds is 5. The van der Waals surface area contributed by atoms with Gasteiger partial charge in [0, 0.05) is 18.6 Å². The number of aliphatic carboxylic acids is 1. The van der Waals surface area contributed by atoms with Crippen LogP contribution in [0.4, 0.5) is 10.5 Å². The monoisotopic (exact) mass is 253 g/mol. The number of carboxylic acid groups (broad SMARTS) is 1. The maximum atomic E-state index is 10.8. The minimum Gasteiger partial charge on any atom is -0.480 e. The maximum absolute atomic E-state index is 10.8. The maximum Gasteiger partial charge on any atom is 0.326 e. The van der Waals surface area contributed by atoms with Gasteiger partial charge in [-0.2, -0.15) is 0 Å². The second-order valence-electron chi connectivity index (χ2n) is 3.53. The van der Waals surface area contributed by atoms with E-state index >= 15 is 0 Å². The lowest BCUT2D eigenvalue weighted by Crippen LogP contribution is -2.44. The van der Waals surface area contributed by atoms with E-state index in [1.165, 1.54) is 24.3 Å². The van der Waals surface area contributed by atoms with Crippen LogP contribution in [0.3, 0.4) is 0 Å². The number of benzene rings is 1. The number of non-ortho nitro benzene ring substituents is 1. The highest BCUT2D eigenvalue weighted by molar-refractivity contribution is 5.81. The molecule has 1 aromatic rings. The number of nitrogens with two attached hydrogens (primary N) is 1. The predicted molar refractivity (Wildman–Crippen MR) is 60.9 cm³/mol. The molecular weight excluding hydrogens is 242 g/mol. The highest BCUT2D eigenvalue weighted by Crippen LogP contribution is 2.13. The lowest BCUT2D eigenvalue weighted by Gasteiger charge is -2.12. The van der Waals surface area contributed by atoms with Gasteiger partial charge in [-0.05, 0) is 5.56 Å². The number of urea groups is 1. The topological polar surface area (TPSA) is 136 Å². The molecule has 0 aromatic heterocycles. The SMILES string of the molecule is NC(=O)NC(Cc1ccc([N+](=O)[O-])cc1)C(=O)O. The molecule has 0 spiro atoms. The Balaban J connectivity index is 2.78. The molecule has 0 saturated carbocycles. The second kappa shape index (κ2) is 5.62. The van der Waals surface area contributed by atoms with E-state index in [9.17, 15) is 19.7 Å². The highest BCUT2D eigenvalue weighted by atomic mass is 16.6. The van der Waals surface area contributed by atoms with Crippen LogP contribution in [-0.4, -0.2) is 28.1 Å². The van der Waals surface area contributed by atoms with Gasteiger partial charge in [0.05, 0.1) is 4.92 Å². The molecule has 0 aliphatic carbocycles. The van der Waals surface area contributed by atoms with Crippen LogP contribution in [-0.2, 0) is 11.2 Å². The molecule has 0 radical (unpaired) electrons. The Hall–Kier alpha value is -2.64. The van der Waals surface area contributed by atoms with E-state index in [2.05, 4.69) is 5.32 Å². The number of carboxylic acids is 1. The Morgan fingerprint density at radius 3 is 2.33 bits per heavy atom. The number of nitrogens with zero attached hydrogens (tertiary/aromatic N) is 1. The van der Waals surface area contributed by atoms with Crippen molar-refractivity contribution in [3.8, 4) is 0 Å². The van der Waals surface area contributed by atoms with Gasteiger partial charge in [-0.3, -0.25) is 10.1 Å². The molecule has 0 saturated heterocycles. The standard InChI is InChI=1S/C10H11N3O5/c11-10(16)12-8(9(14)15)5-6-1-3-7(4-2-6)13(17)18/h1-4,8H,5H2,(H,14,15)(H3,11,12,16). The average Bonchev–Trinajstić information content (AvgIpc) is 2.28. The van der Waals surface area contributed by atoms with Crippen molar-refractivity contribution in [1.82, 2.24) is 5.32 Å². The first kappa shape index (κ1) is 13.4. The first-order valence-electron chi connectivity index (χ1n) is 4.92. The van der Waals surface area contributed by atoms with Crippen LogP contribution in [0, 0.1) is 10.1 Å². The van der Waals surface area contributed by atoms with Crippen molar-refractivity contribution >= 4 is 17.7 Å². The quantitative estimate of drug-likeness (QED) is 0.510. The zero-order chi connectivity index (χ0) is 13.7. The summed E-state index contributed by atoms with van der Waals surface area (Å²) in [6.45, 7) is 0. The summed E-state index contributed by atoms with van der Waals surface area (Å²) in [4.78, 5) is 31.3. The van der Waals surface area contributed by atoms with Crippen molar-refractivity contribution < 1.29 is 19.6 Å². The van der Waals surface area contributed by atoms with Crippen molar-refractivity contribution in [1.29, 1.82) is 0 Å². The van der Waals surface area contributed by atoms with E-state index in [4.69, 9.17) is 10.8 Å². The van der Waals surface area contributed by atoms with E-state index in [-0.39, 0.29) is 12.1 Å². The van der Waals surface area contributed by atoms with E-state index in [0.717, 1.165) is 0 Å². The van der Waals surface area contributed by atoms with Crippen LogP contribution in [0.15, 0.2) is 24.3 Å². The predicted octanol–water partition coefficient (Wildman–Crippen LogP) is 0.259. The molecule has 4 N–H and O–H groups in total. The summed E-state index contributed by atoms with van der Waals surface area (Å²) in [7, 11) is 0. The third-order valence-corrected chi connectivity index (χ3v) is 2.20. The van der Waals surface area contributed by atoms with Crippen LogP contribution in [0.2, 0.25) is 0 Å². The molecule has 1 rings (SSSR count). The Morgan fingerprint density at radius 1 is 1.39 bits per heavy atom. The normalized spacial score (nSPS) is 11.6. The average molecular weight is 253 g/mol. The molecule has 96 valence electrons. The van der Waals surface area contributed by atoms with Crippen molar-refractivity contribution in [3.05, 3.63) is 39.9 Å². The van der Waals surface area contributed by atoms with Crippen LogP contribution in [0.25, 0.3) is 0 Å². The number of carbonyl (C=O) groups is 2. The van der Waals surface area contributed by atoms with Crippen LogP contribution >= 0.6 is 0 Å². The Morgan fingerprint density at radius 2 is 1.94 bits per heavy atom. The summed E-state index contributed by atoms with van der Waals surface area (Å²) in [5, 5.41) is 21.3. The fourth-order valence-corrected chi connectivity index (χ4v) is 1.36. The summed E-state index contributed by atoms with van der Waals surface area (Å²) >= 11 is 0. The number of hydrogen-bond donors (Lipinski definition) is 3. The van der Waals surface area contributed by atoms with E-state index in [1.54, 1.807) is 0 Å². The minimum atomic E-state index is -1.23. The lowest BCUT2D eigenvalue weighted by molar-refractivity contribution is -0.384. The molecular formula is C10H11N3O5. The zero-order valence-corrected chi connectivity index (χ0v) is 9.20. The molecule has 8 heteroatoms. The van der Waals surface area contributed by atoms with Gasteiger partial charge in [0.2, 0.25) is 0 Å². The summed E-state index contributed by atoms with van der Waals surface area (Å²) in [5.74, 6) is -1.23. The van der Waals surface area contributed by atoms with Crippen molar-refractivity contribution in [2.24, 2.45) is 5.73 Å². The van der Waals surface area contributed by atoms with Gasteiger partial charge in [-0.25, -0.2) is 9.59 Å². The summed E-state index contributed by atoms with van der Waals surface area (Å²) < 4.78 is 0. The van der Waals surface area contributed by atoms with Gasteiger partial charge in [0.1, 0.15) is 6.04 Å². The zero-order valence-electron chi connectivity index (χ0n) is 9.20. The number of hydrogen-bond acceptors (Lipinski definition) is 4. The number of nitro groups is 1. The Bertz CT molecular complexity index is 471. The number of amides is 2. The number of nitro benzene ring substituents is 1. The first-order chi connectivity index (χ1) is 8.40. The molecule has 1 atom stereocenters. The molecule has 0 heterocycles. The van der Waals surface area contributed by atoms with Crippen molar-refractivity contribution in [2.45, 2.75) is 12.5 Å². The van der Waals surface area contributed by atoms with E-state index in [0.29, 0.717) is 5.56 Å². The molecule has 2 amide bonds. The fourth-order valence-electron chi connectivity index (χ4n) is 1.36. The van der Waals surface area contributed by atoms with Crippen molar-refractivity contribution in [3.63, 3.8) is 0 Å². The van der Waals surface area contributed by atoms with Crippen LogP contribution < -0.4 is 11.1 Å². The summed E-state index contributed by atoms with van der Waals surface area (Å²) in [5.41, 5.74) is 5.30.